The van der Waals surface area contributed by atoms with E-state index in [1.165, 1.54) is 6.42 Å². The van der Waals surface area contributed by atoms with Crippen molar-refractivity contribution in [3.05, 3.63) is 24.4 Å². The second-order valence-corrected chi connectivity index (χ2v) is 4.01. The van der Waals surface area contributed by atoms with E-state index in [9.17, 15) is 4.79 Å². The van der Waals surface area contributed by atoms with Crippen molar-refractivity contribution in [2.24, 2.45) is 23.7 Å². The van der Waals surface area contributed by atoms with Crippen LogP contribution in [0.3, 0.4) is 0 Å². The van der Waals surface area contributed by atoms with Crippen molar-refractivity contribution in [2.45, 2.75) is 6.42 Å². The molecule has 62 valence electrons. The first-order chi connectivity index (χ1) is 5.77. The van der Waals surface area contributed by atoms with Gasteiger partial charge in [-0.1, -0.05) is 18.7 Å². The number of nitrogens with one attached hydrogen (secondary N) is 1. The van der Waals surface area contributed by atoms with Crippen LogP contribution in [-0.4, -0.2) is 5.91 Å². The van der Waals surface area contributed by atoms with Gasteiger partial charge < -0.3 is 5.32 Å². The molecule has 2 fully saturated rings. The van der Waals surface area contributed by atoms with E-state index >= 15 is 0 Å². The van der Waals surface area contributed by atoms with Gasteiger partial charge in [0.25, 0.3) is 0 Å². The molecule has 4 unspecified atom stereocenters. The van der Waals surface area contributed by atoms with Crippen molar-refractivity contribution in [3.63, 3.8) is 0 Å². The smallest absolute Gasteiger partial charge is 0.228 e. The van der Waals surface area contributed by atoms with Crippen LogP contribution in [0.1, 0.15) is 6.42 Å². The molecule has 3 aliphatic rings. The second-order valence-electron chi connectivity index (χ2n) is 4.01. The van der Waals surface area contributed by atoms with Gasteiger partial charge in [0, 0.05) is 11.6 Å². The van der Waals surface area contributed by atoms with Crippen LogP contribution >= 0.6 is 0 Å². The molecule has 1 saturated carbocycles. The summed E-state index contributed by atoms with van der Waals surface area (Å²) in [5.74, 6) is 1.91. The first-order valence-electron chi connectivity index (χ1n) is 4.45. The summed E-state index contributed by atoms with van der Waals surface area (Å²) in [7, 11) is 0. The average molecular weight is 161 g/mol. The van der Waals surface area contributed by atoms with E-state index in [-0.39, 0.29) is 11.8 Å². The molecule has 2 bridgehead atoms. The molecule has 2 nitrogen and oxygen atoms in total. The summed E-state index contributed by atoms with van der Waals surface area (Å²) in [5.41, 5.74) is 0.946. The van der Waals surface area contributed by atoms with Crippen LogP contribution in [0, 0.1) is 23.7 Å². The van der Waals surface area contributed by atoms with E-state index in [0.29, 0.717) is 17.8 Å². The maximum absolute atomic E-state index is 11.5. The molecule has 1 saturated heterocycles. The monoisotopic (exact) mass is 161 g/mol. The van der Waals surface area contributed by atoms with E-state index in [1.54, 1.807) is 0 Å². The zero-order valence-corrected chi connectivity index (χ0v) is 6.79. The normalized spacial score (nSPS) is 48.3. The maximum Gasteiger partial charge on any atom is 0.228 e. The minimum Gasteiger partial charge on any atom is -0.330 e. The molecular formula is C10H11NO. The second kappa shape index (κ2) is 1.82. The van der Waals surface area contributed by atoms with Crippen molar-refractivity contribution in [3.8, 4) is 0 Å². The highest BCUT2D eigenvalue weighted by Gasteiger charge is 2.53. The van der Waals surface area contributed by atoms with Crippen molar-refractivity contribution in [1.82, 2.24) is 5.32 Å². The maximum atomic E-state index is 11.5. The quantitative estimate of drug-likeness (QED) is 0.529. The molecule has 3 rings (SSSR count). The molecule has 2 aliphatic carbocycles. The van der Waals surface area contributed by atoms with Gasteiger partial charge in [-0.3, -0.25) is 4.79 Å². The lowest BCUT2D eigenvalue weighted by atomic mass is 9.84. The molecule has 4 atom stereocenters. The molecule has 1 N–H and O–H groups in total. The van der Waals surface area contributed by atoms with Gasteiger partial charge in [-0.05, 0) is 18.3 Å². The zero-order chi connectivity index (χ0) is 8.29. The summed E-state index contributed by atoms with van der Waals surface area (Å²) >= 11 is 0. The summed E-state index contributed by atoms with van der Waals surface area (Å²) in [5, 5.41) is 2.85. The Balaban J connectivity index is 2.08. The Hall–Kier alpha value is -1.05. The highest BCUT2D eigenvalue weighted by molar-refractivity contribution is 5.85. The minimum absolute atomic E-state index is 0.196. The van der Waals surface area contributed by atoms with Crippen LogP contribution in [0.4, 0.5) is 0 Å². The lowest BCUT2D eigenvalue weighted by Crippen LogP contribution is -2.22. The molecule has 12 heavy (non-hydrogen) atoms. The van der Waals surface area contributed by atoms with Gasteiger partial charge in [0.1, 0.15) is 0 Å². The van der Waals surface area contributed by atoms with Gasteiger partial charge in [-0.25, -0.2) is 0 Å². The average Bonchev–Trinajstić information content (AvgIpc) is 2.64. The van der Waals surface area contributed by atoms with E-state index in [4.69, 9.17) is 0 Å². The first kappa shape index (κ1) is 6.46. The number of hydrogen-bond donors (Lipinski definition) is 1. The number of hydrogen-bond acceptors (Lipinski definition) is 1. The molecule has 0 aromatic carbocycles. The van der Waals surface area contributed by atoms with Crippen LogP contribution in [-0.2, 0) is 4.79 Å². The van der Waals surface area contributed by atoms with Crippen molar-refractivity contribution < 1.29 is 4.79 Å². The van der Waals surface area contributed by atoms with Crippen LogP contribution in [0.15, 0.2) is 24.4 Å². The Morgan fingerprint density at radius 1 is 1.33 bits per heavy atom. The fourth-order valence-corrected chi connectivity index (χ4v) is 2.98. The van der Waals surface area contributed by atoms with Crippen LogP contribution in [0.2, 0.25) is 0 Å². The standard InChI is InChI=1S/C10H11NO/c1-5-8-6-2-3-7(4-6)9(8)10(12)11-5/h2-3,6-9H,1,4H2,(H,11,12). The van der Waals surface area contributed by atoms with Gasteiger partial charge in [0.15, 0.2) is 0 Å². The fourth-order valence-electron chi connectivity index (χ4n) is 2.98. The summed E-state index contributed by atoms with van der Waals surface area (Å²) in [4.78, 5) is 11.5. The molecule has 0 spiro atoms. The Morgan fingerprint density at radius 2 is 2.00 bits per heavy atom. The summed E-state index contributed by atoms with van der Waals surface area (Å²) in [6, 6.07) is 0. The SMILES string of the molecule is C=C1NC(=O)C2C3C=CC(C3)C12. The van der Waals surface area contributed by atoms with Crippen LogP contribution < -0.4 is 5.32 Å². The Bertz CT molecular complexity index is 277. The summed E-state index contributed by atoms with van der Waals surface area (Å²) < 4.78 is 0. The van der Waals surface area contributed by atoms with E-state index in [2.05, 4.69) is 24.0 Å². The first-order valence-corrected chi connectivity index (χ1v) is 4.45. The Labute approximate surface area is 71.3 Å². The predicted molar refractivity (Wildman–Crippen MR) is 45.0 cm³/mol. The fraction of sp³-hybridized carbons (Fsp3) is 0.500. The van der Waals surface area contributed by atoms with Gasteiger partial charge in [-0.2, -0.15) is 0 Å². The molecule has 1 heterocycles. The highest BCUT2D eigenvalue weighted by atomic mass is 16.2. The van der Waals surface area contributed by atoms with Gasteiger partial charge >= 0.3 is 0 Å². The van der Waals surface area contributed by atoms with Gasteiger partial charge in [0.2, 0.25) is 5.91 Å². The predicted octanol–water partition coefficient (Wildman–Crippen LogP) is 1.07. The molecule has 0 aromatic heterocycles. The van der Waals surface area contributed by atoms with Crippen LogP contribution in [0.5, 0.6) is 0 Å². The van der Waals surface area contributed by atoms with Gasteiger partial charge in [-0.15, -0.1) is 0 Å². The molecule has 1 aliphatic heterocycles. The lowest BCUT2D eigenvalue weighted by Gasteiger charge is -2.16. The molecule has 2 heteroatoms. The third-order valence-corrected chi connectivity index (χ3v) is 3.45. The summed E-state index contributed by atoms with van der Waals surface area (Å²) in [6.07, 6.45) is 5.61. The molecule has 1 amide bonds. The number of fused-ring (bicyclic) bond motifs is 5. The largest absolute Gasteiger partial charge is 0.330 e. The summed E-state index contributed by atoms with van der Waals surface area (Å²) in [6.45, 7) is 3.90. The van der Waals surface area contributed by atoms with Crippen molar-refractivity contribution in [1.29, 1.82) is 0 Å². The number of carbonyl (C=O) groups excluding carboxylic acids is 1. The topological polar surface area (TPSA) is 29.1 Å². The third kappa shape index (κ3) is 0.554. The van der Waals surface area contributed by atoms with E-state index in [1.807, 2.05) is 0 Å². The number of allylic oxidation sites excluding steroid dienone is 3. The number of amides is 1. The van der Waals surface area contributed by atoms with E-state index < -0.39 is 0 Å². The Kier molecular flexibility index (Phi) is 0.978. The highest BCUT2D eigenvalue weighted by Crippen LogP contribution is 2.52. The lowest BCUT2D eigenvalue weighted by molar-refractivity contribution is -0.123. The van der Waals surface area contributed by atoms with Gasteiger partial charge in [0.05, 0.1) is 5.92 Å². The Morgan fingerprint density at radius 3 is 2.67 bits per heavy atom. The van der Waals surface area contributed by atoms with Crippen molar-refractivity contribution >= 4 is 5.91 Å². The molecule has 0 aromatic rings. The minimum atomic E-state index is 0.196. The molecular weight excluding hydrogens is 150 g/mol. The molecule has 0 radical (unpaired) electrons. The number of carbonyl (C=O) groups is 1. The zero-order valence-electron chi connectivity index (χ0n) is 6.79. The van der Waals surface area contributed by atoms with Crippen LogP contribution in [0.25, 0.3) is 0 Å². The third-order valence-electron chi connectivity index (χ3n) is 3.45. The van der Waals surface area contributed by atoms with E-state index in [0.717, 1.165) is 5.70 Å². The van der Waals surface area contributed by atoms with Crippen molar-refractivity contribution in [2.75, 3.05) is 0 Å². The number of rotatable bonds is 0.